The molecule has 0 saturated heterocycles. The average molecular weight is 203 g/mol. The standard InChI is InChI=1S/C13H17NO/c1-3-14-7-6-12-9-11(8-10(2)15)4-5-13(12)14/h4-5,9H,3,6-8H2,1-2H3. The largest absolute Gasteiger partial charge is 0.371 e. The molecule has 1 heterocycles. The lowest BCUT2D eigenvalue weighted by Crippen LogP contribution is -2.19. The van der Waals surface area contributed by atoms with Crippen LogP contribution in [0.5, 0.6) is 0 Å². The minimum atomic E-state index is 0.236. The van der Waals surface area contributed by atoms with Gasteiger partial charge in [0.2, 0.25) is 0 Å². The van der Waals surface area contributed by atoms with Crippen molar-refractivity contribution in [1.29, 1.82) is 0 Å². The highest BCUT2D eigenvalue weighted by atomic mass is 16.1. The van der Waals surface area contributed by atoms with Gasteiger partial charge in [-0.1, -0.05) is 12.1 Å². The van der Waals surface area contributed by atoms with Crippen LogP contribution in [0, 0.1) is 0 Å². The van der Waals surface area contributed by atoms with Crippen LogP contribution in [-0.2, 0) is 17.6 Å². The highest BCUT2D eigenvalue weighted by Gasteiger charge is 2.17. The average Bonchev–Trinajstić information content (AvgIpc) is 2.58. The van der Waals surface area contributed by atoms with E-state index in [9.17, 15) is 4.79 Å². The molecule has 0 aliphatic carbocycles. The molecule has 0 bridgehead atoms. The van der Waals surface area contributed by atoms with Crippen LogP contribution < -0.4 is 4.90 Å². The van der Waals surface area contributed by atoms with Gasteiger partial charge in [-0.05, 0) is 37.5 Å². The molecule has 0 spiro atoms. The van der Waals surface area contributed by atoms with Crippen molar-refractivity contribution in [1.82, 2.24) is 0 Å². The number of carbonyl (C=O) groups excluding carboxylic acids is 1. The minimum Gasteiger partial charge on any atom is -0.371 e. The number of fused-ring (bicyclic) bond motifs is 1. The summed E-state index contributed by atoms with van der Waals surface area (Å²) in [5.41, 5.74) is 3.90. The summed E-state index contributed by atoms with van der Waals surface area (Å²) in [7, 11) is 0. The van der Waals surface area contributed by atoms with Crippen molar-refractivity contribution in [2.75, 3.05) is 18.0 Å². The summed E-state index contributed by atoms with van der Waals surface area (Å²) < 4.78 is 0. The van der Waals surface area contributed by atoms with E-state index in [0.29, 0.717) is 6.42 Å². The summed E-state index contributed by atoms with van der Waals surface area (Å²) in [6.45, 7) is 6.01. The van der Waals surface area contributed by atoms with Gasteiger partial charge in [0.15, 0.2) is 0 Å². The van der Waals surface area contributed by atoms with E-state index in [4.69, 9.17) is 0 Å². The highest BCUT2D eigenvalue weighted by molar-refractivity contribution is 5.78. The van der Waals surface area contributed by atoms with Gasteiger partial charge in [0.25, 0.3) is 0 Å². The van der Waals surface area contributed by atoms with E-state index in [2.05, 4.69) is 30.0 Å². The Hall–Kier alpha value is -1.31. The molecule has 0 atom stereocenters. The molecule has 2 heteroatoms. The summed E-state index contributed by atoms with van der Waals surface area (Å²) in [5.74, 6) is 0.236. The van der Waals surface area contributed by atoms with Crippen LogP contribution in [0.4, 0.5) is 5.69 Å². The number of carbonyl (C=O) groups is 1. The molecule has 0 fully saturated rings. The molecule has 0 aromatic heterocycles. The number of Topliss-reactive ketones (excluding diaryl/α,β-unsaturated/α-hetero) is 1. The number of benzene rings is 1. The number of anilines is 1. The lowest BCUT2D eigenvalue weighted by atomic mass is 10.0. The molecule has 1 aromatic rings. The maximum absolute atomic E-state index is 11.0. The first-order chi connectivity index (χ1) is 7.20. The lowest BCUT2D eigenvalue weighted by Gasteiger charge is -2.16. The van der Waals surface area contributed by atoms with Crippen molar-refractivity contribution < 1.29 is 4.79 Å². The second-order valence-electron chi connectivity index (χ2n) is 4.17. The predicted molar refractivity (Wildman–Crippen MR) is 62.4 cm³/mol. The van der Waals surface area contributed by atoms with E-state index in [-0.39, 0.29) is 5.78 Å². The Morgan fingerprint density at radius 3 is 2.93 bits per heavy atom. The van der Waals surface area contributed by atoms with E-state index in [1.807, 2.05) is 0 Å². The van der Waals surface area contributed by atoms with Gasteiger partial charge in [-0.3, -0.25) is 4.79 Å². The van der Waals surface area contributed by atoms with Crippen LogP contribution in [0.25, 0.3) is 0 Å². The van der Waals surface area contributed by atoms with Crippen LogP contribution in [0.1, 0.15) is 25.0 Å². The van der Waals surface area contributed by atoms with Crippen LogP contribution in [0.3, 0.4) is 0 Å². The van der Waals surface area contributed by atoms with Crippen LogP contribution in [-0.4, -0.2) is 18.9 Å². The van der Waals surface area contributed by atoms with Crippen molar-refractivity contribution in [3.63, 3.8) is 0 Å². The van der Waals surface area contributed by atoms with Gasteiger partial charge in [0, 0.05) is 25.2 Å². The van der Waals surface area contributed by atoms with E-state index in [1.165, 1.54) is 11.3 Å². The summed E-state index contributed by atoms with van der Waals surface area (Å²) in [4.78, 5) is 13.4. The number of hydrogen-bond acceptors (Lipinski definition) is 2. The fourth-order valence-corrected chi connectivity index (χ4v) is 2.25. The number of nitrogens with zero attached hydrogens (tertiary/aromatic N) is 1. The third kappa shape index (κ3) is 2.04. The van der Waals surface area contributed by atoms with Gasteiger partial charge in [0.1, 0.15) is 5.78 Å². The van der Waals surface area contributed by atoms with Crippen molar-refractivity contribution >= 4 is 11.5 Å². The second-order valence-corrected chi connectivity index (χ2v) is 4.17. The molecule has 1 aliphatic heterocycles. The Bertz CT molecular complexity index is 384. The van der Waals surface area contributed by atoms with Gasteiger partial charge in [-0.25, -0.2) is 0 Å². The second kappa shape index (κ2) is 4.05. The fraction of sp³-hybridized carbons (Fsp3) is 0.462. The molecule has 0 N–H and O–H groups in total. The topological polar surface area (TPSA) is 20.3 Å². The Morgan fingerprint density at radius 2 is 2.27 bits per heavy atom. The zero-order valence-electron chi connectivity index (χ0n) is 9.42. The summed E-state index contributed by atoms with van der Waals surface area (Å²) >= 11 is 0. The van der Waals surface area contributed by atoms with Crippen molar-refractivity contribution in [3.8, 4) is 0 Å². The summed E-state index contributed by atoms with van der Waals surface area (Å²) in [6, 6.07) is 6.42. The van der Waals surface area contributed by atoms with E-state index in [0.717, 1.165) is 25.1 Å². The molecule has 0 unspecified atom stereocenters. The smallest absolute Gasteiger partial charge is 0.134 e. The minimum absolute atomic E-state index is 0.236. The fourth-order valence-electron chi connectivity index (χ4n) is 2.25. The monoisotopic (exact) mass is 203 g/mol. The Balaban J connectivity index is 2.25. The number of rotatable bonds is 3. The van der Waals surface area contributed by atoms with Gasteiger partial charge < -0.3 is 4.90 Å². The quantitative estimate of drug-likeness (QED) is 0.750. The molecule has 2 nitrogen and oxygen atoms in total. The van der Waals surface area contributed by atoms with Gasteiger partial charge in [0.05, 0.1) is 0 Å². The Morgan fingerprint density at radius 1 is 1.47 bits per heavy atom. The molecular formula is C13H17NO. The van der Waals surface area contributed by atoms with E-state index in [1.54, 1.807) is 6.92 Å². The molecule has 1 aromatic carbocycles. The first-order valence-corrected chi connectivity index (χ1v) is 5.57. The third-order valence-corrected chi connectivity index (χ3v) is 2.97. The maximum atomic E-state index is 11.0. The van der Waals surface area contributed by atoms with Crippen LogP contribution in [0.2, 0.25) is 0 Å². The molecule has 15 heavy (non-hydrogen) atoms. The zero-order chi connectivity index (χ0) is 10.8. The van der Waals surface area contributed by atoms with Gasteiger partial charge >= 0.3 is 0 Å². The number of hydrogen-bond donors (Lipinski definition) is 0. The van der Waals surface area contributed by atoms with Crippen LogP contribution >= 0.6 is 0 Å². The zero-order valence-corrected chi connectivity index (χ0v) is 9.42. The Kier molecular flexibility index (Phi) is 2.76. The number of ketones is 1. The third-order valence-electron chi connectivity index (χ3n) is 2.97. The number of likely N-dealkylation sites (N-methyl/N-ethyl adjacent to an activating group) is 1. The normalized spacial score (nSPS) is 14.1. The van der Waals surface area contributed by atoms with Crippen LogP contribution in [0.15, 0.2) is 18.2 Å². The van der Waals surface area contributed by atoms with E-state index < -0.39 is 0 Å². The lowest BCUT2D eigenvalue weighted by molar-refractivity contribution is -0.116. The molecule has 0 amide bonds. The van der Waals surface area contributed by atoms with E-state index >= 15 is 0 Å². The molecule has 0 saturated carbocycles. The summed E-state index contributed by atoms with van der Waals surface area (Å²) in [5, 5.41) is 0. The predicted octanol–water partition coefficient (Wildman–Crippen LogP) is 2.20. The first kappa shape index (κ1) is 10.2. The molecule has 1 aliphatic rings. The molecule has 80 valence electrons. The SMILES string of the molecule is CCN1CCc2cc(CC(C)=O)ccc21. The molecule has 2 rings (SSSR count). The molecular weight excluding hydrogens is 186 g/mol. The van der Waals surface area contributed by atoms with Crippen molar-refractivity contribution in [2.45, 2.75) is 26.7 Å². The van der Waals surface area contributed by atoms with Gasteiger partial charge in [-0.15, -0.1) is 0 Å². The maximum Gasteiger partial charge on any atom is 0.134 e. The summed E-state index contributed by atoms with van der Waals surface area (Å²) in [6.07, 6.45) is 1.69. The van der Waals surface area contributed by atoms with Crippen molar-refractivity contribution in [3.05, 3.63) is 29.3 Å². The molecule has 0 radical (unpaired) electrons. The highest BCUT2D eigenvalue weighted by Crippen LogP contribution is 2.28. The Labute approximate surface area is 90.9 Å². The van der Waals surface area contributed by atoms with Gasteiger partial charge in [-0.2, -0.15) is 0 Å². The van der Waals surface area contributed by atoms with Crippen molar-refractivity contribution in [2.24, 2.45) is 0 Å². The first-order valence-electron chi connectivity index (χ1n) is 5.57.